The lowest BCUT2D eigenvalue weighted by Crippen LogP contribution is -2.46. The molecular weight excluding hydrogens is 334 g/mol. The molecule has 1 aromatic rings. The Labute approximate surface area is 154 Å². The van der Waals surface area contributed by atoms with Crippen molar-refractivity contribution in [2.75, 3.05) is 21.2 Å². The molecule has 1 aliphatic heterocycles. The summed E-state index contributed by atoms with van der Waals surface area (Å²) in [5.74, 6) is 0.768. The molecule has 0 aromatic heterocycles. The first-order chi connectivity index (χ1) is 11.9. The largest absolute Gasteiger partial charge is 0.496 e. The highest BCUT2D eigenvalue weighted by atomic mass is 32.1. The van der Waals surface area contributed by atoms with Crippen LogP contribution < -0.4 is 15.4 Å². The zero-order valence-corrected chi connectivity index (χ0v) is 16.0. The molecule has 0 unspecified atom stereocenters. The molecule has 3 rings (SSSR count). The number of aryl methyl sites for hydroxylation is 2. The van der Waals surface area contributed by atoms with E-state index in [1.165, 1.54) is 24.0 Å². The van der Waals surface area contributed by atoms with Crippen molar-refractivity contribution in [3.63, 3.8) is 0 Å². The predicted octanol–water partition coefficient (Wildman–Crippen LogP) is 2.46. The smallest absolute Gasteiger partial charge is 0.253 e. The first-order valence-electron chi connectivity index (χ1n) is 8.62. The van der Waals surface area contributed by atoms with E-state index < -0.39 is 0 Å². The Balaban J connectivity index is 2.13. The van der Waals surface area contributed by atoms with Crippen molar-refractivity contribution >= 4 is 23.2 Å². The van der Waals surface area contributed by atoms with Gasteiger partial charge in [0.1, 0.15) is 5.75 Å². The standard InChI is InChI=1S/C19H25N3O2S/c1-11-16(18(23)22(2)3)17(21-19(25)20-11)14-9-12-7-5-6-8-13(12)10-15(14)24-4/h9-10,17H,5-8H2,1-4H3,(H2,20,21,25)/t17-/m1/s1. The van der Waals surface area contributed by atoms with Crippen LogP contribution in [0.4, 0.5) is 0 Å². The summed E-state index contributed by atoms with van der Waals surface area (Å²) in [5, 5.41) is 6.87. The van der Waals surface area contributed by atoms with Crippen LogP contribution in [0.25, 0.3) is 0 Å². The average molecular weight is 359 g/mol. The highest BCUT2D eigenvalue weighted by Crippen LogP contribution is 2.37. The van der Waals surface area contributed by atoms with E-state index in [4.69, 9.17) is 17.0 Å². The second kappa shape index (κ2) is 7.04. The average Bonchev–Trinajstić information content (AvgIpc) is 2.59. The van der Waals surface area contributed by atoms with Crippen molar-refractivity contribution < 1.29 is 9.53 Å². The summed E-state index contributed by atoms with van der Waals surface area (Å²) in [4.78, 5) is 14.4. The van der Waals surface area contributed by atoms with E-state index in [2.05, 4.69) is 22.8 Å². The number of rotatable bonds is 3. The number of hydrogen-bond donors (Lipinski definition) is 2. The van der Waals surface area contributed by atoms with E-state index in [0.717, 1.165) is 29.9 Å². The lowest BCUT2D eigenvalue weighted by Gasteiger charge is -2.33. The summed E-state index contributed by atoms with van der Waals surface area (Å²) < 4.78 is 5.67. The number of nitrogens with one attached hydrogen (secondary N) is 2. The van der Waals surface area contributed by atoms with E-state index in [9.17, 15) is 4.79 Å². The summed E-state index contributed by atoms with van der Waals surface area (Å²) in [7, 11) is 5.20. The van der Waals surface area contributed by atoms with Gasteiger partial charge in [0.05, 0.1) is 18.7 Å². The number of benzene rings is 1. The number of carbonyl (C=O) groups excluding carboxylic acids is 1. The molecular formula is C19H25N3O2S. The maximum Gasteiger partial charge on any atom is 0.253 e. The minimum atomic E-state index is -0.314. The predicted molar refractivity (Wildman–Crippen MR) is 103 cm³/mol. The molecule has 5 nitrogen and oxygen atoms in total. The molecule has 0 saturated heterocycles. The third kappa shape index (κ3) is 3.35. The molecule has 0 spiro atoms. The van der Waals surface area contributed by atoms with Crippen molar-refractivity contribution in [2.24, 2.45) is 0 Å². The zero-order valence-electron chi connectivity index (χ0n) is 15.2. The summed E-state index contributed by atoms with van der Waals surface area (Å²) in [6.45, 7) is 1.89. The third-order valence-electron chi connectivity index (χ3n) is 4.91. The van der Waals surface area contributed by atoms with Gasteiger partial charge in [-0.15, -0.1) is 0 Å². The fourth-order valence-corrected chi connectivity index (χ4v) is 3.91. The fourth-order valence-electron chi connectivity index (χ4n) is 3.64. The van der Waals surface area contributed by atoms with Gasteiger partial charge >= 0.3 is 0 Å². The Kier molecular flexibility index (Phi) is 4.99. The van der Waals surface area contributed by atoms with Gasteiger partial charge < -0.3 is 20.3 Å². The van der Waals surface area contributed by atoms with Gasteiger partial charge in [-0.2, -0.15) is 0 Å². The second-order valence-corrected chi connectivity index (χ2v) is 7.25. The molecule has 2 aliphatic rings. The summed E-state index contributed by atoms with van der Waals surface area (Å²) >= 11 is 5.34. The molecule has 0 radical (unpaired) electrons. The van der Waals surface area contributed by atoms with E-state index in [-0.39, 0.29) is 11.9 Å². The van der Waals surface area contributed by atoms with E-state index in [1.807, 2.05) is 6.92 Å². The zero-order chi connectivity index (χ0) is 18.1. The van der Waals surface area contributed by atoms with Crippen molar-refractivity contribution in [1.82, 2.24) is 15.5 Å². The van der Waals surface area contributed by atoms with Crippen LogP contribution in [0.3, 0.4) is 0 Å². The molecule has 1 heterocycles. The number of methoxy groups -OCH3 is 1. The van der Waals surface area contributed by atoms with Crippen molar-refractivity contribution in [1.29, 1.82) is 0 Å². The van der Waals surface area contributed by atoms with Crippen LogP contribution >= 0.6 is 12.2 Å². The normalized spacial score (nSPS) is 19.7. The minimum absolute atomic E-state index is 0.0372. The van der Waals surface area contributed by atoms with E-state index in [0.29, 0.717) is 10.7 Å². The molecule has 134 valence electrons. The lowest BCUT2D eigenvalue weighted by atomic mass is 9.86. The first kappa shape index (κ1) is 17.7. The van der Waals surface area contributed by atoms with Crippen LogP contribution in [-0.2, 0) is 17.6 Å². The van der Waals surface area contributed by atoms with Crippen LogP contribution in [0.5, 0.6) is 5.75 Å². The SMILES string of the molecule is COc1cc2c(cc1[C@H]1NC(=S)NC(C)=C1C(=O)N(C)C)CCCC2. The summed E-state index contributed by atoms with van der Waals surface area (Å²) in [6, 6.07) is 4.00. The van der Waals surface area contributed by atoms with E-state index in [1.54, 1.807) is 26.1 Å². The topological polar surface area (TPSA) is 53.6 Å². The van der Waals surface area contributed by atoms with Gasteiger partial charge in [0.2, 0.25) is 0 Å². The number of thiocarbonyl (C=S) groups is 1. The maximum atomic E-state index is 12.8. The maximum absolute atomic E-state index is 12.8. The van der Waals surface area contributed by atoms with Crippen LogP contribution in [0, 0.1) is 0 Å². The van der Waals surface area contributed by atoms with Gasteiger partial charge in [-0.25, -0.2) is 0 Å². The van der Waals surface area contributed by atoms with Crippen LogP contribution in [0.15, 0.2) is 23.4 Å². The Hall–Kier alpha value is -2.08. The highest BCUT2D eigenvalue weighted by molar-refractivity contribution is 7.80. The number of hydrogen-bond acceptors (Lipinski definition) is 3. The summed E-state index contributed by atoms with van der Waals surface area (Å²) in [6.07, 6.45) is 4.58. The van der Waals surface area contributed by atoms with Crippen molar-refractivity contribution in [3.8, 4) is 5.75 Å². The summed E-state index contributed by atoms with van der Waals surface area (Å²) in [5.41, 5.74) is 5.13. The molecule has 0 fully saturated rings. The number of amides is 1. The highest BCUT2D eigenvalue weighted by Gasteiger charge is 2.33. The van der Waals surface area contributed by atoms with Gasteiger partial charge in [-0.1, -0.05) is 0 Å². The number of allylic oxidation sites excluding steroid dienone is 1. The van der Waals surface area contributed by atoms with Gasteiger partial charge in [0, 0.05) is 25.4 Å². The molecule has 0 bridgehead atoms. The Morgan fingerprint density at radius 1 is 1.24 bits per heavy atom. The van der Waals surface area contributed by atoms with Gasteiger partial charge in [-0.05, 0) is 68.1 Å². The molecule has 6 heteroatoms. The lowest BCUT2D eigenvalue weighted by molar-refractivity contribution is -0.125. The van der Waals surface area contributed by atoms with Crippen molar-refractivity contribution in [2.45, 2.75) is 38.6 Å². The monoisotopic (exact) mass is 359 g/mol. The fraction of sp³-hybridized carbons (Fsp3) is 0.474. The number of nitrogens with zero attached hydrogens (tertiary/aromatic N) is 1. The number of ether oxygens (including phenoxy) is 1. The molecule has 0 saturated carbocycles. The van der Waals surface area contributed by atoms with Gasteiger partial charge in [-0.3, -0.25) is 4.79 Å². The molecule has 1 amide bonds. The molecule has 25 heavy (non-hydrogen) atoms. The van der Waals surface area contributed by atoms with Crippen molar-refractivity contribution in [3.05, 3.63) is 40.1 Å². The van der Waals surface area contributed by atoms with Crippen LogP contribution in [0.1, 0.15) is 42.5 Å². The van der Waals surface area contributed by atoms with Crippen LogP contribution in [-0.4, -0.2) is 37.1 Å². The Bertz CT molecular complexity index is 755. The first-order valence-corrected chi connectivity index (χ1v) is 9.02. The third-order valence-corrected chi connectivity index (χ3v) is 5.13. The molecule has 1 aliphatic carbocycles. The van der Waals surface area contributed by atoms with Gasteiger partial charge in [0.25, 0.3) is 5.91 Å². The second-order valence-electron chi connectivity index (χ2n) is 6.84. The molecule has 2 N–H and O–H groups in total. The Morgan fingerprint density at radius 2 is 1.88 bits per heavy atom. The molecule has 1 aromatic carbocycles. The number of likely N-dealkylation sites (N-methyl/N-ethyl adjacent to an activating group) is 1. The minimum Gasteiger partial charge on any atom is -0.496 e. The van der Waals surface area contributed by atoms with Crippen LogP contribution in [0.2, 0.25) is 0 Å². The van der Waals surface area contributed by atoms with Gasteiger partial charge in [0.15, 0.2) is 5.11 Å². The van der Waals surface area contributed by atoms with E-state index >= 15 is 0 Å². The Morgan fingerprint density at radius 3 is 2.48 bits per heavy atom. The molecule has 1 atom stereocenters. The number of fused-ring (bicyclic) bond motifs is 1. The quantitative estimate of drug-likeness (QED) is 0.812. The number of carbonyl (C=O) groups is 1.